The van der Waals surface area contributed by atoms with Crippen molar-refractivity contribution in [3.05, 3.63) is 35.1 Å². The van der Waals surface area contributed by atoms with Crippen molar-refractivity contribution in [2.45, 2.75) is 44.8 Å². The van der Waals surface area contributed by atoms with Gasteiger partial charge in [0.2, 0.25) is 0 Å². The van der Waals surface area contributed by atoms with Crippen molar-refractivity contribution in [3.63, 3.8) is 0 Å². The van der Waals surface area contributed by atoms with Crippen LogP contribution < -0.4 is 0 Å². The van der Waals surface area contributed by atoms with Gasteiger partial charge in [0.25, 0.3) is 0 Å². The topological polar surface area (TPSA) is 46.5 Å². The number of ether oxygens (including phenoxy) is 1. The first-order chi connectivity index (χ1) is 9.01. The summed E-state index contributed by atoms with van der Waals surface area (Å²) in [5.41, 5.74) is 0.884. The minimum absolute atomic E-state index is 0.0851. The molecule has 0 aliphatic carbocycles. The molecule has 0 spiro atoms. The lowest BCUT2D eigenvalue weighted by Crippen LogP contribution is -2.42. The van der Waals surface area contributed by atoms with Crippen LogP contribution in [0.2, 0.25) is 0 Å². The second kappa shape index (κ2) is 4.30. The molecule has 2 aliphatic heterocycles. The van der Waals surface area contributed by atoms with Gasteiger partial charge < -0.3 is 9.84 Å². The van der Waals surface area contributed by atoms with E-state index in [4.69, 9.17) is 4.74 Å². The van der Waals surface area contributed by atoms with E-state index < -0.39 is 11.4 Å². The molecule has 3 nitrogen and oxygen atoms in total. The van der Waals surface area contributed by atoms with Crippen LogP contribution in [0.4, 0.5) is 4.39 Å². The van der Waals surface area contributed by atoms with Gasteiger partial charge in [-0.05, 0) is 55.9 Å². The fraction of sp³-hybridized carbons (Fsp3) is 0.533. The van der Waals surface area contributed by atoms with E-state index in [1.165, 1.54) is 12.1 Å². The van der Waals surface area contributed by atoms with E-state index in [2.05, 4.69) is 0 Å². The molecule has 4 heteroatoms. The lowest BCUT2D eigenvalue weighted by atomic mass is 9.70. The van der Waals surface area contributed by atoms with Gasteiger partial charge in [-0.3, -0.25) is 4.79 Å². The van der Waals surface area contributed by atoms with Crippen LogP contribution in [-0.4, -0.2) is 23.3 Å². The minimum atomic E-state index is -0.828. The zero-order valence-corrected chi connectivity index (χ0v) is 10.9. The number of benzene rings is 1. The number of hydrogen-bond donors (Lipinski definition) is 1. The third-order valence-corrected chi connectivity index (χ3v) is 4.55. The van der Waals surface area contributed by atoms with Crippen molar-refractivity contribution in [1.29, 1.82) is 0 Å². The molecule has 2 fully saturated rings. The Morgan fingerprint density at radius 3 is 2.84 bits per heavy atom. The van der Waals surface area contributed by atoms with E-state index in [9.17, 15) is 14.3 Å². The van der Waals surface area contributed by atoms with Crippen molar-refractivity contribution < 1.29 is 19.0 Å². The predicted molar refractivity (Wildman–Crippen MR) is 67.4 cm³/mol. The van der Waals surface area contributed by atoms with Gasteiger partial charge in [-0.25, -0.2) is 4.39 Å². The Morgan fingerprint density at radius 2 is 2.32 bits per heavy atom. The summed E-state index contributed by atoms with van der Waals surface area (Å²) in [6.07, 6.45) is 2.67. The van der Waals surface area contributed by atoms with Gasteiger partial charge >= 0.3 is 5.97 Å². The quantitative estimate of drug-likeness (QED) is 0.913. The van der Waals surface area contributed by atoms with Gasteiger partial charge in [-0.2, -0.15) is 0 Å². The average molecular weight is 264 g/mol. The molecule has 0 amide bonds. The molecule has 3 atom stereocenters. The summed E-state index contributed by atoms with van der Waals surface area (Å²) in [5.74, 6) is -1.07. The summed E-state index contributed by atoms with van der Waals surface area (Å²) in [6, 6.07) is 4.55. The molecule has 0 aromatic heterocycles. The molecule has 102 valence electrons. The SMILES string of the molecule is Cc1cc(F)ccc1CC1(C(=O)O)CC2CCC1O2. The first-order valence-corrected chi connectivity index (χ1v) is 6.65. The Kier molecular flexibility index (Phi) is 2.86. The molecular formula is C15H17FO3. The molecule has 2 saturated heterocycles. The zero-order chi connectivity index (χ0) is 13.6. The van der Waals surface area contributed by atoms with Crippen molar-refractivity contribution in [2.75, 3.05) is 0 Å². The Bertz CT molecular complexity index is 528. The highest BCUT2D eigenvalue weighted by molar-refractivity contribution is 5.77. The zero-order valence-electron chi connectivity index (χ0n) is 10.9. The normalized spacial score (nSPS) is 32.7. The van der Waals surface area contributed by atoms with Crippen molar-refractivity contribution in [1.82, 2.24) is 0 Å². The van der Waals surface area contributed by atoms with E-state index in [0.717, 1.165) is 24.0 Å². The fourth-order valence-electron chi connectivity index (χ4n) is 3.48. The molecule has 0 saturated carbocycles. The molecule has 19 heavy (non-hydrogen) atoms. The Morgan fingerprint density at radius 1 is 1.53 bits per heavy atom. The standard InChI is InChI=1S/C15H17FO3/c1-9-6-11(16)3-2-10(9)7-15(14(17)18)8-12-4-5-13(15)19-12/h2-3,6,12-13H,4-5,7-8H2,1H3,(H,17,18). The van der Waals surface area contributed by atoms with Gasteiger partial charge in [0.05, 0.1) is 12.2 Å². The van der Waals surface area contributed by atoms with Crippen LogP contribution in [0.3, 0.4) is 0 Å². The molecular weight excluding hydrogens is 247 g/mol. The molecule has 3 unspecified atom stereocenters. The highest BCUT2D eigenvalue weighted by Gasteiger charge is 2.57. The van der Waals surface area contributed by atoms with E-state index in [0.29, 0.717) is 12.8 Å². The van der Waals surface area contributed by atoms with Crippen molar-refractivity contribution in [2.24, 2.45) is 5.41 Å². The highest BCUT2D eigenvalue weighted by Crippen LogP contribution is 2.50. The number of rotatable bonds is 3. The predicted octanol–water partition coefficient (Wildman–Crippen LogP) is 2.70. The van der Waals surface area contributed by atoms with Crippen LogP contribution >= 0.6 is 0 Å². The first-order valence-electron chi connectivity index (χ1n) is 6.65. The Hall–Kier alpha value is -1.42. The first kappa shape index (κ1) is 12.6. The van der Waals surface area contributed by atoms with Gasteiger partial charge in [0.15, 0.2) is 0 Å². The van der Waals surface area contributed by atoms with E-state index in [1.54, 1.807) is 6.07 Å². The second-order valence-electron chi connectivity index (χ2n) is 5.74. The number of carboxylic acids is 1. The smallest absolute Gasteiger partial charge is 0.312 e. The minimum Gasteiger partial charge on any atom is -0.481 e. The Labute approximate surface area is 111 Å². The number of carbonyl (C=O) groups is 1. The fourth-order valence-corrected chi connectivity index (χ4v) is 3.48. The van der Waals surface area contributed by atoms with E-state index >= 15 is 0 Å². The number of aryl methyl sites for hydroxylation is 1. The second-order valence-corrected chi connectivity index (χ2v) is 5.74. The average Bonchev–Trinajstić information content (AvgIpc) is 2.93. The number of hydrogen-bond acceptors (Lipinski definition) is 2. The van der Waals surface area contributed by atoms with Crippen molar-refractivity contribution in [3.8, 4) is 0 Å². The number of aliphatic carboxylic acids is 1. The highest BCUT2D eigenvalue weighted by atomic mass is 19.1. The Balaban J connectivity index is 1.93. The number of halogens is 1. The van der Waals surface area contributed by atoms with Gasteiger partial charge in [-0.15, -0.1) is 0 Å². The molecule has 2 bridgehead atoms. The molecule has 1 aromatic rings. The van der Waals surface area contributed by atoms with Crippen LogP contribution in [-0.2, 0) is 16.0 Å². The summed E-state index contributed by atoms with van der Waals surface area (Å²) in [5, 5.41) is 9.64. The van der Waals surface area contributed by atoms with E-state index in [-0.39, 0.29) is 18.0 Å². The van der Waals surface area contributed by atoms with Gasteiger partial charge in [0, 0.05) is 0 Å². The number of carboxylic acid groups (broad SMARTS) is 1. The van der Waals surface area contributed by atoms with Crippen LogP contribution in [0.25, 0.3) is 0 Å². The van der Waals surface area contributed by atoms with Gasteiger partial charge in [-0.1, -0.05) is 6.07 Å². The van der Waals surface area contributed by atoms with Gasteiger partial charge in [0.1, 0.15) is 11.2 Å². The molecule has 2 heterocycles. The monoisotopic (exact) mass is 264 g/mol. The molecule has 1 aromatic carbocycles. The lowest BCUT2D eigenvalue weighted by Gasteiger charge is -2.31. The van der Waals surface area contributed by atoms with E-state index in [1.807, 2.05) is 6.92 Å². The molecule has 3 rings (SSSR count). The summed E-state index contributed by atoms with van der Waals surface area (Å²) >= 11 is 0. The molecule has 1 N–H and O–H groups in total. The maximum Gasteiger partial charge on any atom is 0.312 e. The molecule has 2 aliphatic rings. The van der Waals surface area contributed by atoms with Crippen LogP contribution in [0.5, 0.6) is 0 Å². The molecule has 0 radical (unpaired) electrons. The lowest BCUT2D eigenvalue weighted by molar-refractivity contribution is -0.152. The third kappa shape index (κ3) is 1.94. The summed E-state index contributed by atoms with van der Waals surface area (Å²) in [4.78, 5) is 11.7. The number of fused-ring (bicyclic) bond motifs is 2. The van der Waals surface area contributed by atoms with Crippen molar-refractivity contribution >= 4 is 5.97 Å². The third-order valence-electron chi connectivity index (χ3n) is 4.55. The largest absolute Gasteiger partial charge is 0.481 e. The van der Waals surface area contributed by atoms with Crippen LogP contribution in [0, 0.1) is 18.2 Å². The summed E-state index contributed by atoms with van der Waals surface area (Å²) in [7, 11) is 0. The van der Waals surface area contributed by atoms with Crippen LogP contribution in [0.1, 0.15) is 30.4 Å². The maximum absolute atomic E-state index is 13.1. The summed E-state index contributed by atoms with van der Waals surface area (Å²) in [6.45, 7) is 1.82. The maximum atomic E-state index is 13.1. The summed E-state index contributed by atoms with van der Waals surface area (Å²) < 4.78 is 18.9. The van der Waals surface area contributed by atoms with Crippen LogP contribution in [0.15, 0.2) is 18.2 Å².